The van der Waals surface area contributed by atoms with Crippen molar-refractivity contribution in [2.75, 3.05) is 4.90 Å². The molecule has 8 nitrogen and oxygen atoms in total. The smallest absolute Gasteiger partial charge is 0.249 e. The third kappa shape index (κ3) is 5.32. The molecule has 1 saturated carbocycles. The Bertz CT molecular complexity index is 1460. The zero-order valence-corrected chi connectivity index (χ0v) is 21.0. The molecule has 1 fully saturated rings. The number of carbonyl (C=O) groups excluding carboxylic acids is 3. The van der Waals surface area contributed by atoms with E-state index in [9.17, 15) is 18.8 Å². The lowest BCUT2D eigenvalue weighted by Crippen LogP contribution is -2.47. The van der Waals surface area contributed by atoms with Gasteiger partial charge in [-0.15, -0.1) is 5.10 Å². The van der Waals surface area contributed by atoms with Crippen LogP contribution in [0, 0.1) is 5.82 Å². The van der Waals surface area contributed by atoms with Crippen molar-refractivity contribution in [1.82, 2.24) is 20.3 Å². The first kappa shape index (κ1) is 25.3. The lowest BCUT2D eigenvalue weighted by atomic mass is 10.0. The molecule has 0 unspecified atom stereocenters. The van der Waals surface area contributed by atoms with Crippen LogP contribution in [0.25, 0.3) is 11.0 Å². The van der Waals surface area contributed by atoms with Gasteiger partial charge in [0.1, 0.15) is 23.9 Å². The minimum atomic E-state index is -1.07. The van der Waals surface area contributed by atoms with Crippen molar-refractivity contribution in [2.45, 2.75) is 51.2 Å². The Morgan fingerprint density at radius 2 is 1.68 bits per heavy atom. The SMILES string of the molecule is CC(=O)c1ccc(N(C(=O)Cn2nnc3ccccc32)[C@@H](C(=O)NC2CCCC2)c2ccc(F)cc2)cc1. The van der Waals surface area contributed by atoms with E-state index in [1.165, 1.54) is 40.8 Å². The average molecular weight is 514 g/mol. The summed E-state index contributed by atoms with van der Waals surface area (Å²) in [7, 11) is 0. The Balaban J connectivity index is 1.57. The van der Waals surface area contributed by atoms with E-state index in [0.717, 1.165) is 25.7 Å². The molecule has 0 spiro atoms. The molecule has 1 atom stereocenters. The van der Waals surface area contributed by atoms with E-state index in [1.54, 1.807) is 30.3 Å². The van der Waals surface area contributed by atoms with E-state index in [0.29, 0.717) is 27.8 Å². The van der Waals surface area contributed by atoms with Crippen LogP contribution < -0.4 is 10.2 Å². The van der Waals surface area contributed by atoms with Gasteiger partial charge in [0.15, 0.2) is 5.78 Å². The highest BCUT2D eigenvalue weighted by Crippen LogP contribution is 2.30. The molecule has 1 aromatic heterocycles. The molecular formula is C29H28FN5O3. The summed E-state index contributed by atoms with van der Waals surface area (Å²) in [6, 6.07) is 18.4. The van der Waals surface area contributed by atoms with Crippen LogP contribution in [0.2, 0.25) is 0 Å². The second-order valence-electron chi connectivity index (χ2n) is 9.55. The fourth-order valence-electron chi connectivity index (χ4n) is 4.95. The van der Waals surface area contributed by atoms with Crippen LogP contribution in [0.1, 0.15) is 54.6 Å². The molecule has 2 amide bonds. The minimum Gasteiger partial charge on any atom is -0.351 e. The predicted molar refractivity (Wildman–Crippen MR) is 141 cm³/mol. The summed E-state index contributed by atoms with van der Waals surface area (Å²) < 4.78 is 15.3. The van der Waals surface area contributed by atoms with Crippen molar-refractivity contribution >= 4 is 34.3 Å². The van der Waals surface area contributed by atoms with Gasteiger partial charge in [-0.2, -0.15) is 0 Å². The topological polar surface area (TPSA) is 97.2 Å². The van der Waals surface area contributed by atoms with Gasteiger partial charge in [0, 0.05) is 17.3 Å². The number of rotatable bonds is 8. The molecule has 9 heteroatoms. The molecule has 3 aromatic carbocycles. The molecule has 38 heavy (non-hydrogen) atoms. The monoisotopic (exact) mass is 513 g/mol. The average Bonchev–Trinajstić information content (AvgIpc) is 3.58. The number of anilines is 1. The van der Waals surface area contributed by atoms with Crippen LogP contribution in [-0.2, 0) is 16.1 Å². The molecule has 5 rings (SSSR count). The standard InChI is InChI=1S/C29H28FN5O3/c1-19(36)20-12-16-24(17-13-20)35(27(37)18-34-26-9-5-4-8-25(26)32-33-34)28(21-10-14-22(30)15-11-21)29(38)31-23-6-2-3-7-23/h4-5,8-17,23,28H,2-3,6-7,18H2,1H3,(H,31,38)/t28-/m1/s1. The number of hydrogen-bond acceptors (Lipinski definition) is 5. The van der Waals surface area contributed by atoms with Crippen molar-refractivity contribution in [2.24, 2.45) is 0 Å². The molecule has 1 aliphatic rings. The molecule has 0 radical (unpaired) electrons. The molecule has 0 aliphatic heterocycles. The lowest BCUT2D eigenvalue weighted by Gasteiger charge is -2.32. The number of halogens is 1. The van der Waals surface area contributed by atoms with Gasteiger partial charge in [0.25, 0.3) is 0 Å². The number of para-hydroxylation sites is 1. The predicted octanol–water partition coefficient (Wildman–Crippen LogP) is 4.61. The Labute approximate surface area is 219 Å². The van der Waals surface area contributed by atoms with Gasteiger partial charge in [-0.05, 0) is 73.9 Å². The number of nitrogens with zero attached hydrogens (tertiary/aromatic N) is 4. The summed E-state index contributed by atoms with van der Waals surface area (Å²) in [5.41, 5.74) is 2.71. The summed E-state index contributed by atoms with van der Waals surface area (Å²) >= 11 is 0. The number of hydrogen-bond donors (Lipinski definition) is 1. The van der Waals surface area contributed by atoms with Crippen molar-refractivity contribution in [1.29, 1.82) is 0 Å². The van der Waals surface area contributed by atoms with Crippen molar-refractivity contribution in [3.63, 3.8) is 0 Å². The molecule has 1 N–H and O–H groups in total. The van der Waals surface area contributed by atoms with Crippen LogP contribution in [0.3, 0.4) is 0 Å². The third-order valence-electron chi connectivity index (χ3n) is 6.92. The summed E-state index contributed by atoms with van der Waals surface area (Å²) in [6.45, 7) is 1.29. The number of nitrogens with one attached hydrogen (secondary N) is 1. The largest absolute Gasteiger partial charge is 0.351 e. The Kier molecular flexibility index (Phi) is 7.26. The van der Waals surface area contributed by atoms with E-state index in [2.05, 4.69) is 15.6 Å². The minimum absolute atomic E-state index is 0.0155. The van der Waals surface area contributed by atoms with Crippen LogP contribution in [0.15, 0.2) is 72.8 Å². The summed E-state index contributed by atoms with van der Waals surface area (Å²) in [4.78, 5) is 41.1. The second kappa shape index (κ2) is 10.9. The van der Waals surface area contributed by atoms with E-state index in [1.807, 2.05) is 18.2 Å². The molecule has 0 bridgehead atoms. The highest BCUT2D eigenvalue weighted by atomic mass is 19.1. The van der Waals surface area contributed by atoms with Crippen LogP contribution in [0.5, 0.6) is 0 Å². The number of fused-ring (bicyclic) bond motifs is 1. The first-order valence-electron chi connectivity index (χ1n) is 12.7. The van der Waals surface area contributed by atoms with Crippen LogP contribution >= 0.6 is 0 Å². The van der Waals surface area contributed by atoms with Gasteiger partial charge in [-0.3, -0.25) is 19.3 Å². The Morgan fingerprint density at radius 1 is 1.00 bits per heavy atom. The number of benzene rings is 3. The maximum Gasteiger partial charge on any atom is 0.249 e. The van der Waals surface area contributed by atoms with Crippen molar-refractivity contribution in [3.8, 4) is 0 Å². The van der Waals surface area contributed by atoms with Gasteiger partial charge in [-0.25, -0.2) is 9.07 Å². The molecule has 1 heterocycles. The highest BCUT2D eigenvalue weighted by molar-refractivity contribution is 6.02. The molecule has 4 aromatic rings. The quantitative estimate of drug-likeness (QED) is 0.347. The van der Waals surface area contributed by atoms with E-state index >= 15 is 0 Å². The summed E-state index contributed by atoms with van der Waals surface area (Å²) in [5, 5.41) is 11.4. The Hall–Kier alpha value is -4.40. The highest BCUT2D eigenvalue weighted by Gasteiger charge is 2.34. The molecule has 1 aliphatic carbocycles. The maximum atomic E-state index is 14.0. The van der Waals surface area contributed by atoms with Crippen LogP contribution in [0.4, 0.5) is 10.1 Å². The van der Waals surface area contributed by atoms with Gasteiger partial charge in [0.05, 0.1) is 5.52 Å². The van der Waals surface area contributed by atoms with Crippen molar-refractivity contribution < 1.29 is 18.8 Å². The van der Waals surface area contributed by atoms with Gasteiger partial charge >= 0.3 is 0 Å². The zero-order valence-electron chi connectivity index (χ0n) is 21.0. The number of Topliss-reactive ketones (excluding diaryl/α,β-unsaturated/α-hetero) is 1. The number of carbonyl (C=O) groups is 3. The molecule has 0 saturated heterocycles. The lowest BCUT2D eigenvalue weighted by molar-refractivity contribution is -0.127. The van der Waals surface area contributed by atoms with Gasteiger partial charge < -0.3 is 5.32 Å². The van der Waals surface area contributed by atoms with Gasteiger partial charge in [-0.1, -0.05) is 42.3 Å². The fourth-order valence-corrected chi connectivity index (χ4v) is 4.95. The number of ketones is 1. The molecule has 194 valence electrons. The first-order valence-corrected chi connectivity index (χ1v) is 12.7. The molecular weight excluding hydrogens is 485 g/mol. The van der Waals surface area contributed by atoms with Crippen LogP contribution in [-0.4, -0.2) is 38.6 Å². The third-order valence-corrected chi connectivity index (χ3v) is 6.92. The summed E-state index contributed by atoms with van der Waals surface area (Å²) in [6.07, 6.45) is 3.80. The fraction of sp³-hybridized carbons (Fsp3) is 0.276. The number of aromatic nitrogens is 3. The van der Waals surface area contributed by atoms with E-state index < -0.39 is 17.8 Å². The Morgan fingerprint density at radius 3 is 2.37 bits per heavy atom. The number of amides is 2. The maximum absolute atomic E-state index is 14.0. The zero-order chi connectivity index (χ0) is 26.6. The van der Waals surface area contributed by atoms with E-state index in [4.69, 9.17) is 0 Å². The summed E-state index contributed by atoms with van der Waals surface area (Å²) in [5.74, 6) is -1.32. The second-order valence-corrected chi connectivity index (χ2v) is 9.55. The van der Waals surface area contributed by atoms with E-state index in [-0.39, 0.29) is 24.3 Å². The first-order chi connectivity index (χ1) is 18.4. The van der Waals surface area contributed by atoms with Crippen molar-refractivity contribution in [3.05, 3.63) is 89.7 Å². The normalized spacial score (nSPS) is 14.4. The van der Waals surface area contributed by atoms with Gasteiger partial charge in [0.2, 0.25) is 11.8 Å².